The third-order valence-electron chi connectivity index (χ3n) is 2.18. The van der Waals surface area contributed by atoms with E-state index in [1.54, 1.807) is 18.3 Å². The highest BCUT2D eigenvalue weighted by Crippen LogP contribution is 2.24. The number of nitrogens with zero attached hydrogens (tertiary/aromatic N) is 1. The molecular formula is C11H13N3OS. The van der Waals surface area contributed by atoms with Gasteiger partial charge in [0.05, 0.1) is 21.3 Å². The molecule has 1 aromatic heterocycles. The van der Waals surface area contributed by atoms with Gasteiger partial charge < -0.3 is 11.1 Å². The molecule has 1 unspecified atom stereocenters. The van der Waals surface area contributed by atoms with Gasteiger partial charge in [-0.2, -0.15) is 0 Å². The Morgan fingerprint density at radius 3 is 3.00 bits per heavy atom. The third kappa shape index (κ3) is 2.20. The van der Waals surface area contributed by atoms with Crippen molar-refractivity contribution in [2.24, 2.45) is 5.73 Å². The minimum Gasteiger partial charge on any atom is -0.325 e. The highest BCUT2D eigenvalue weighted by atomic mass is 32.1. The van der Waals surface area contributed by atoms with Crippen LogP contribution in [0, 0.1) is 6.92 Å². The largest absolute Gasteiger partial charge is 0.325 e. The van der Waals surface area contributed by atoms with Crippen LogP contribution in [-0.4, -0.2) is 16.9 Å². The highest BCUT2D eigenvalue weighted by molar-refractivity contribution is 7.18. The number of fused-ring (bicyclic) bond motifs is 1. The van der Waals surface area contributed by atoms with Gasteiger partial charge in [0.2, 0.25) is 5.91 Å². The lowest BCUT2D eigenvalue weighted by atomic mass is 10.2. The van der Waals surface area contributed by atoms with Crippen molar-refractivity contribution in [3.8, 4) is 0 Å². The summed E-state index contributed by atoms with van der Waals surface area (Å²) in [6.45, 7) is 3.62. The third-order valence-corrected chi connectivity index (χ3v) is 3.11. The molecule has 5 heteroatoms. The number of aryl methyl sites for hydroxylation is 1. The molecule has 16 heavy (non-hydrogen) atoms. The van der Waals surface area contributed by atoms with Gasteiger partial charge in [0, 0.05) is 5.69 Å². The van der Waals surface area contributed by atoms with Crippen molar-refractivity contribution in [2.45, 2.75) is 19.9 Å². The molecule has 0 saturated carbocycles. The minimum absolute atomic E-state index is 0.180. The molecule has 1 atom stereocenters. The van der Waals surface area contributed by atoms with E-state index < -0.39 is 6.04 Å². The van der Waals surface area contributed by atoms with E-state index in [2.05, 4.69) is 10.3 Å². The van der Waals surface area contributed by atoms with Crippen LogP contribution in [-0.2, 0) is 4.79 Å². The van der Waals surface area contributed by atoms with Gasteiger partial charge in [-0.25, -0.2) is 4.98 Å². The predicted molar refractivity (Wildman–Crippen MR) is 66.6 cm³/mol. The molecule has 0 aliphatic rings. The summed E-state index contributed by atoms with van der Waals surface area (Å²) in [4.78, 5) is 15.8. The fourth-order valence-electron chi connectivity index (χ4n) is 1.37. The first-order valence-electron chi connectivity index (χ1n) is 5.00. The first-order chi connectivity index (χ1) is 7.56. The molecule has 4 nitrogen and oxygen atoms in total. The Labute approximate surface area is 97.5 Å². The number of aromatic nitrogens is 1. The molecule has 0 bridgehead atoms. The summed E-state index contributed by atoms with van der Waals surface area (Å²) in [6, 6.07) is 5.15. The molecular weight excluding hydrogens is 222 g/mol. The van der Waals surface area contributed by atoms with Crippen LogP contribution in [0.1, 0.15) is 11.9 Å². The average Bonchev–Trinajstić information content (AvgIpc) is 2.57. The zero-order chi connectivity index (χ0) is 11.7. The van der Waals surface area contributed by atoms with Crippen LogP contribution < -0.4 is 11.1 Å². The standard InChI is InChI=1S/C11H13N3OS/c1-6(12)11(15)14-8-3-4-9-10(5-8)16-7(2)13-9/h3-6H,12H2,1-2H3,(H,14,15). The first-order valence-corrected chi connectivity index (χ1v) is 5.81. The molecule has 84 valence electrons. The molecule has 3 N–H and O–H groups in total. The fourth-order valence-corrected chi connectivity index (χ4v) is 2.24. The number of nitrogens with two attached hydrogens (primary N) is 1. The zero-order valence-electron chi connectivity index (χ0n) is 9.15. The topological polar surface area (TPSA) is 68.0 Å². The summed E-state index contributed by atoms with van der Waals surface area (Å²) >= 11 is 1.61. The van der Waals surface area contributed by atoms with Crippen LogP contribution in [0.25, 0.3) is 10.2 Å². The molecule has 0 fully saturated rings. The molecule has 0 radical (unpaired) electrons. The molecule has 1 amide bonds. The molecule has 2 rings (SSSR count). The molecule has 0 saturated heterocycles. The number of benzene rings is 1. The number of hydrogen-bond donors (Lipinski definition) is 2. The second-order valence-electron chi connectivity index (χ2n) is 3.69. The van der Waals surface area contributed by atoms with E-state index in [0.717, 1.165) is 20.9 Å². The number of nitrogens with one attached hydrogen (secondary N) is 1. The van der Waals surface area contributed by atoms with E-state index in [1.807, 2.05) is 25.1 Å². The molecule has 1 heterocycles. The lowest BCUT2D eigenvalue weighted by Gasteiger charge is -2.07. The summed E-state index contributed by atoms with van der Waals surface area (Å²) in [6.07, 6.45) is 0. The molecule has 1 aromatic carbocycles. The average molecular weight is 235 g/mol. The molecule has 0 spiro atoms. The molecule has 0 aliphatic carbocycles. The van der Waals surface area contributed by atoms with Crippen molar-refractivity contribution in [3.63, 3.8) is 0 Å². The summed E-state index contributed by atoms with van der Waals surface area (Å²) in [5, 5.41) is 3.78. The maximum Gasteiger partial charge on any atom is 0.240 e. The van der Waals surface area contributed by atoms with Crippen molar-refractivity contribution < 1.29 is 4.79 Å². The van der Waals surface area contributed by atoms with Gasteiger partial charge in [-0.3, -0.25) is 4.79 Å². The quantitative estimate of drug-likeness (QED) is 0.835. The minimum atomic E-state index is -0.501. The number of rotatable bonds is 2. The number of hydrogen-bond acceptors (Lipinski definition) is 4. The fraction of sp³-hybridized carbons (Fsp3) is 0.273. The van der Waals surface area contributed by atoms with Gasteiger partial charge in [-0.1, -0.05) is 0 Å². The Bertz CT molecular complexity index is 533. The number of thiazole rings is 1. The lowest BCUT2D eigenvalue weighted by molar-refractivity contribution is -0.117. The summed E-state index contributed by atoms with van der Waals surface area (Å²) in [7, 11) is 0. The summed E-state index contributed by atoms with van der Waals surface area (Å²) < 4.78 is 1.07. The van der Waals surface area contributed by atoms with Gasteiger partial charge in [-0.05, 0) is 32.0 Å². The Morgan fingerprint density at radius 1 is 1.56 bits per heavy atom. The first kappa shape index (κ1) is 11.0. The van der Waals surface area contributed by atoms with E-state index in [1.165, 1.54) is 0 Å². The van der Waals surface area contributed by atoms with Gasteiger partial charge in [-0.15, -0.1) is 11.3 Å². The smallest absolute Gasteiger partial charge is 0.240 e. The van der Waals surface area contributed by atoms with Crippen LogP contribution in [0.3, 0.4) is 0 Å². The summed E-state index contributed by atoms with van der Waals surface area (Å²) in [5.74, 6) is -0.180. The van der Waals surface area contributed by atoms with Crippen molar-refractivity contribution in [2.75, 3.05) is 5.32 Å². The van der Waals surface area contributed by atoms with Crippen molar-refractivity contribution >= 4 is 33.1 Å². The number of anilines is 1. The SMILES string of the molecule is Cc1nc2ccc(NC(=O)C(C)N)cc2s1. The van der Waals surface area contributed by atoms with E-state index in [4.69, 9.17) is 5.73 Å². The van der Waals surface area contributed by atoms with E-state index in [-0.39, 0.29) is 5.91 Å². The lowest BCUT2D eigenvalue weighted by Crippen LogP contribution is -2.32. The maximum absolute atomic E-state index is 11.4. The normalized spacial score (nSPS) is 12.7. The van der Waals surface area contributed by atoms with E-state index >= 15 is 0 Å². The van der Waals surface area contributed by atoms with Crippen molar-refractivity contribution in [3.05, 3.63) is 23.2 Å². The molecule has 2 aromatic rings. The second-order valence-corrected chi connectivity index (χ2v) is 4.93. The van der Waals surface area contributed by atoms with Crippen LogP contribution in [0.5, 0.6) is 0 Å². The number of carbonyl (C=O) groups excluding carboxylic acids is 1. The van der Waals surface area contributed by atoms with Gasteiger partial charge in [0.1, 0.15) is 0 Å². The van der Waals surface area contributed by atoms with Crippen molar-refractivity contribution in [1.29, 1.82) is 0 Å². The van der Waals surface area contributed by atoms with E-state index in [9.17, 15) is 4.79 Å². The van der Waals surface area contributed by atoms with Crippen molar-refractivity contribution in [1.82, 2.24) is 4.98 Å². The summed E-state index contributed by atoms with van der Waals surface area (Å²) in [5.41, 5.74) is 7.20. The number of amides is 1. The Hall–Kier alpha value is -1.46. The Kier molecular flexibility index (Phi) is 2.89. The van der Waals surface area contributed by atoms with Crippen LogP contribution >= 0.6 is 11.3 Å². The number of carbonyl (C=O) groups is 1. The van der Waals surface area contributed by atoms with Crippen LogP contribution in [0.2, 0.25) is 0 Å². The van der Waals surface area contributed by atoms with Crippen LogP contribution in [0.4, 0.5) is 5.69 Å². The van der Waals surface area contributed by atoms with Gasteiger partial charge >= 0.3 is 0 Å². The Morgan fingerprint density at radius 2 is 2.31 bits per heavy atom. The van der Waals surface area contributed by atoms with Gasteiger partial charge in [0.15, 0.2) is 0 Å². The Balaban J connectivity index is 2.29. The predicted octanol–water partition coefficient (Wildman–Crippen LogP) is 1.89. The van der Waals surface area contributed by atoms with E-state index in [0.29, 0.717) is 0 Å². The highest BCUT2D eigenvalue weighted by Gasteiger charge is 2.08. The van der Waals surface area contributed by atoms with Crippen LogP contribution in [0.15, 0.2) is 18.2 Å². The monoisotopic (exact) mass is 235 g/mol. The second kappa shape index (κ2) is 4.19. The zero-order valence-corrected chi connectivity index (χ0v) is 9.97. The maximum atomic E-state index is 11.4. The van der Waals surface area contributed by atoms with Gasteiger partial charge in [0.25, 0.3) is 0 Å². The molecule has 0 aliphatic heterocycles.